The molecule has 0 aromatic carbocycles. The Labute approximate surface area is 483 Å². The van der Waals surface area contributed by atoms with E-state index in [0.717, 1.165) is 51.4 Å². The minimum absolute atomic E-state index is 0.201. The van der Waals surface area contributed by atoms with Crippen LogP contribution in [0.5, 0.6) is 0 Å². The molecule has 2 aliphatic rings. The van der Waals surface area contributed by atoms with Gasteiger partial charge in [-0.25, -0.2) is 0 Å². The third-order valence-electron chi connectivity index (χ3n) is 17.1. The lowest BCUT2D eigenvalue weighted by atomic mass is 9.97. The van der Waals surface area contributed by atoms with Crippen LogP contribution in [0, 0.1) is 0 Å². The molecular weight excluding hydrogens is 1000 g/mol. The summed E-state index contributed by atoms with van der Waals surface area (Å²) in [4.78, 5) is 13.3. The van der Waals surface area contributed by atoms with Gasteiger partial charge in [0.05, 0.1) is 32.0 Å². The zero-order chi connectivity index (χ0) is 57.4. The lowest BCUT2D eigenvalue weighted by molar-refractivity contribution is -0.359. The number of hydrogen-bond donors (Lipinski definition) is 9. The van der Waals surface area contributed by atoms with Crippen LogP contribution in [0.4, 0.5) is 0 Å². The Morgan fingerprint density at radius 3 is 1.08 bits per heavy atom. The maximum atomic E-state index is 13.3. The van der Waals surface area contributed by atoms with Gasteiger partial charge in [0.1, 0.15) is 48.8 Å². The summed E-state index contributed by atoms with van der Waals surface area (Å²) in [6.45, 7) is 2.88. The maximum absolute atomic E-state index is 13.3. The van der Waals surface area contributed by atoms with Crippen LogP contribution in [0.2, 0.25) is 0 Å². The number of hydrogen-bond acceptors (Lipinski definition) is 13. The van der Waals surface area contributed by atoms with E-state index in [9.17, 15) is 45.6 Å². The fraction of sp³-hybridized carbons (Fsp3) is 0.985. The molecule has 0 radical (unpaired) electrons. The van der Waals surface area contributed by atoms with Gasteiger partial charge in [0.25, 0.3) is 0 Å². The van der Waals surface area contributed by atoms with Crippen molar-refractivity contribution in [2.75, 3.05) is 19.8 Å². The molecule has 9 N–H and O–H groups in total. The molecule has 0 saturated carbocycles. The molecule has 12 atom stereocenters. The summed E-state index contributed by atoms with van der Waals surface area (Å²) in [5.74, 6) is -0.201. The molecule has 79 heavy (non-hydrogen) atoms. The van der Waals surface area contributed by atoms with Gasteiger partial charge in [-0.05, 0) is 12.8 Å². The standard InChI is InChI=1S/C65H127NO13/c1-3-5-7-9-11-13-15-16-17-18-19-20-21-22-23-24-25-26-27-28-29-30-31-32-33-34-35-36-37-38-39-41-43-45-47-49-57(70)66-53(54(69)48-46-44-42-40-14-12-10-8-6-4-2)52-76-64-62(75)60(73)63(56(51-68)78-64)79-65-61(74)59(72)58(71)55(50-67)77-65/h53-56,58-65,67-69,71-75H,3-52H2,1-2H3,(H,66,70)/t53-,54+,55+,56+,58-,59?,60?,61?,62?,63+,64+,65-/m0/s1. The van der Waals surface area contributed by atoms with E-state index in [1.165, 1.54) is 238 Å². The van der Waals surface area contributed by atoms with Gasteiger partial charge < -0.3 is 65.1 Å². The quantitative estimate of drug-likeness (QED) is 0.0259. The zero-order valence-corrected chi connectivity index (χ0v) is 50.9. The molecule has 0 aliphatic carbocycles. The summed E-state index contributed by atoms with van der Waals surface area (Å²) in [5.41, 5.74) is 0. The fourth-order valence-electron chi connectivity index (χ4n) is 11.7. The van der Waals surface area contributed by atoms with E-state index in [2.05, 4.69) is 19.2 Å². The lowest BCUT2D eigenvalue weighted by Gasteiger charge is -2.46. The third kappa shape index (κ3) is 36.4. The van der Waals surface area contributed by atoms with E-state index < -0.39 is 86.8 Å². The molecule has 2 heterocycles. The Kier molecular flexibility index (Phi) is 48.2. The smallest absolute Gasteiger partial charge is 0.220 e. The van der Waals surface area contributed by atoms with E-state index in [0.29, 0.717) is 12.8 Å². The van der Waals surface area contributed by atoms with Gasteiger partial charge in [-0.3, -0.25) is 4.79 Å². The Hall–Kier alpha value is -1.01. The average molecular weight is 1130 g/mol. The first kappa shape index (κ1) is 74.1. The van der Waals surface area contributed by atoms with E-state index in [-0.39, 0.29) is 12.5 Å². The number of nitrogens with one attached hydrogen (secondary N) is 1. The van der Waals surface area contributed by atoms with Crippen LogP contribution in [-0.4, -0.2) is 140 Å². The summed E-state index contributed by atoms with van der Waals surface area (Å²) >= 11 is 0. The second-order valence-electron chi connectivity index (χ2n) is 24.3. The average Bonchev–Trinajstić information content (AvgIpc) is 3.47. The molecule has 1 amide bonds. The van der Waals surface area contributed by atoms with Crippen molar-refractivity contribution in [2.45, 2.75) is 389 Å². The summed E-state index contributed by atoms with van der Waals surface area (Å²) in [7, 11) is 0. The number of aliphatic hydroxyl groups is 8. The van der Waals surface area contributed by atoms with E-state index in [4.69, 9.17) is 18.9 Å². The molecule has 470 valence electrons. The highest BCUT2D eigenvalue weighted by molar-refractivity contribution is 5.76. The van der Waals surface area contributed by atoms with Crippen LogP contribution >= 0.6 is 0 Å². The van der Waals surface area contributed by atoms with Gasteiger partial charge in [0.2, 0.25) is 5.91 Å². The number of carbonyl (C=O) groups is 1. The molecule has 0 aromatic heterocycles. The van der Waals surface area contributed by atoms with Crippen LogP contribution in [0.3, 0.4) is 0 Å². The number of unbranched alkanes of at least 4 members (excludes halogenated alkanes) is 43. The Morgan fingerprint density at radius 2 is 0.722 bits per heavy atom. The van der Waals surface area contributed by atoms with Crippen molar-refractivity contribution in [3.63, 3.8) is 0 Å². The minimum Gasteiger partial charge on any atom is -0.394 e. The molecule has 2 fully saturated rings. The highest BCUT2D eigenvalue weighted by atomic mass is 16.7. The summed E-state index contributed by atoms with van der Waals surface area (Å²) in [5, 5.41) is 87.1. The number of rotatable bonds is 56. The molecule has 2 rings (SSSR count). The van der Waals surface area contributed by atoms with Crippen LogP contribution in [0.25, 0.3) is 0 Å². The summed E-state index contributed by atoms with van der Waals surface area (Å²) < 4.78 is 22.8. The van der Waals surface area contributed by atoms with Crippen LogP contribution in [-0.2, 0) is 23.7 Å². The van der Waals surface area contributed by atoms with E-state index in [1.54, 1.807) is 0 Å². The van der Waals surface area contributed by atoms with Gasteiger partial charge in [-0.2, -0.15) is 0 Å². The topological polar surface area (TPSA) is 228 Å². The summed E-state index contributed by atoms with van der Waals surface area (Å²) in [6.07, 6.45) is 43.1. The Balaban J connectivity index is 1.54. The molecule has 0 spiro atoms. The van der Waals surface area contributed by atoms with Crippen LogP contribution in [0.1, 0.15) is 316 Å². The predicted octanol–water partition coefficient (Wildman–Crippen LogP) is 12.8. The third-order valence-corrected chi connectivity index (χ3v) is 17.1. The zero-order valence-electron chi connectivity index (χ0n) is 50.9. The van der Waals surface area contributed by atoms with Gasteiger partial charge in [0, 0.05) is 6.42 Å². The number of carbonyl (C=O) groups excluding carboxylic acids is 1. The SMILES string of the molecule is CCCCCCCCCCCCCCCCCCCCCCCCCCCCCCCCCCCCCC(=O)N[C@@H](CO[C@@H]1O[C@H](CO)[C@@H](O[C@@H]2O[C@H](CO)[C@H](O)C(O)C2O)C(O)C1O)[C@H](O)CCCCCCCCCCCC. The molecule has 0 bridgehead atoms. The van der Waals surface area contributed by atoms with Gasteiger partial charge in [0.15, 0.2) is 12.6 Å². The molecular formula is C65H127NO13. The normalized spacial score (nSPS) is 24.3. The largest absolute Gasteiger partial charge is 0.394 e. The maximum Gasteiger partial charge on any atom is 0.220 e. The van der Waals surface area contributed by atoms with Crippen molar-refractivity contribution >= 4 is 5.91 Å². The van der Waals surface area contributed by atoms with Crippen molar-refractivity contribution in [2.24, 2.45) is 0 Å². The summed E-state index contributed by atoms with van der Waals surface area (Å²) in [6, 6.07) is -0.822. The highest BCUT2D eigenvalue weighted by Gasteiger charge is 2.51. The van der Waals surface area contributed by atoms with E-state index in [1.807, 2.05) is 0 Å². The lowest BCUT2D eigenvalue weighted by Crippen LogP contribution is -2.65. The van der Waals surface area contributed by atoms with Crippen molar-refractivity contribution in [3.05, 3.63) is 0 Å². The fourth-order valence-corrected chi connectivity index (χ4v) is 11.7. The van der Waals surface area contributed by atoms with Gasteiger partial charge in [-0.15, -0.1) is 0 Å². The Bertz CT molecular complexity index is 1330. The molecule has 14 nitrogen and oxygen atoms in total. The minimum atomic E-state index is -1.78. The van der Waals surface area contributed by atoms with Crippen LogP contribution in [0.15, 0.2) is 0 Å². The first-order valence-corrected chi connectivity index (χ1v) is 33.8. The van der Waals surface area contributed by atoms with Crippen molar-refractivity contribution in [1.82, 2.24) is 5.32 Å². The Morgan fingerprint density at radius 1 is 0.405 bits per heavy atom. The molecule has 4 unspecified atom stereocenters. The molecule has 14 heteroatoms. The highest BCUT2D eigenvalue weighted by Crippen LogP contribution is 2.30. The molecule has 2 saturated heterocycles. The number of amides is 1. The van der Waals surface area contributed by atoms with Gasteiger partial charge in [-0.1, -0.05) is 296 Å². The second kappa shape index (κ2) is 51.4. The predicted molar refractivity (Wildman–Crippen MR) is 319 cm³/mol. The first-order chi connectivity index (χ1) is 38.6. The first-order valence-electron chi connectivity index (χ1n) is 33.8. The van der Waals surface area contributed by atoms with Crippen molar-refractivity contribution < 1.29 is 64.6 Å². The molecule has 0 aromatic rings. The molecule has 2 aliphatic heterocycles. The second-order valence-corrected chi connectivity index (χ2v) is 24.3. The van der Waals surface area contributed by atoms with Crippen LogP contribution < -0.4 is 5.32 Å². The van der Waals surface area contributed by atoms with Gasteiger partial charge >= 0.3 is 0 Å². The van der Waals surface area contributed by atoms with E-state index >= 15 is 0 Å². The monoisotopic (exact) mass is 1130 g/mol. The van der Waals surface area contributed by atoms with Crippen molar-refractivity contribution in [3.8, 4) is 0 Å². The van der Waals surface area contributed by atoms with Crippen molar-refractivity contribution in [1.29, 1.82) is 0 Å². The number of aliphatic hydroxyl groups excluding tert-OH is 8. The number of ether oxygens (including phenoxy) is 4.